The summed E-state index contributed by atoms with van der Waals surface area (Å²) in [7, 11) is 1.61. The molecule has 0 aromatic heterocycles. The van der Waals surface area contributed by atoms with E-state index in [4.69, 9.17) is 19.3 Å². The summed E-state index contributed by atoms with van der Waals surface area (Å²) >= 11 is 0. The lowest BCUT2D eigenvalue weighted by Crippen LogP contribution is -2.35. The van der Waals surface area contributed by atoms with Crippen LogP contribution in [0.2, 0.25) is 0 Å². The Bertz CT molecular complexity index is 433. The summed E-state index contributed by atoms with van der Waals surface area (Å²) in [5, 5.41) is 11.5. The molecule has 28 heavy (non-hydrogen) atoms. The van der Waals surface area contributed by atoms with Gasteiger partial charge in [0.15, 0.2) is 0 Å². The van der Waals surface area contributed by atoms with E-state index in [2.05, 4.69) is 5.32 Å². The molecule has 9 heteroatoms. The molecular formula is C19H36N2O7. The van der Waals surface area contributed by atoms with E-state index in [1.807, 2.05) is 6.92 Å². The Hall–Kier alpha value is -1.71. The molecule has 164 valence electrons. The van der Waals surface area contributed by atoms with Crippen molar-refractivity contribution in [3.8, 4) is 0 Å². The third kappa shape index (κ3) is 16.5. The van der Waals surface area contributed by atoms with Crippen LogP contribution < -0.4 is 5.32 Å². The van der Waals surface area contributed by atoms with Crippen LogP contribution in [-0.2, 0) is 28.6 Å². The lowest BCUT2D eigenvalue weighted by molar-refractivity contribution is -0.141. The molecule has 0 rings (SSSR count). The van der Waals surface area contributed by atoms with Crippen LogP contribution in [0, 0.1) is 0 Å². The van der Waals surface area contributed by atoms with Gasteiger partial charge in [-0.15, -0.1) is 0 Å². The predicted octanol–water partition coefficient (Wildman–Crippen LogP) is 1.06. The van der Waals surface area contributed by atoms with Crippen molar-refractivity contribution in [2.45, 2.75) is 45.4 Å². The fraction of sp³-hybridized carbons (Fsp3) is 0.842. The Morgan fingerprint density at radius 1 is 0.893 bits per heavy atom. The van der Waals surface area contributed by atoms with E-state index in [0.717, 1.165) is 12.8 Å². The number of carbonyl (C=O) groups is 3. The topological polar surface area (TPSA) is 114 Å². The van der Waals surface area contributed by atoms with E-state index < -0.39 is 5.97 Å². The number of ether oxygens (including phenoxy) is 3. The average Bonchev–Trinajstić information content (AvgIpc) is 2.67. The number of carbonyl (C=O) groups excluding carboxylic acids is 2. The average molecular weight is 405 g/mol. The SMILES string of the molecule is CCCCN(CCCNC(=O)CCOCCOCCOC)C(=O)CCC(=O)O. The number of hydrogen-bond donors (Lipinski definition) is 2. The minimum atomic E-state index is -0.972. The number of amides is 2. The van der Waals surface area contributed by atoms with Crippen molar-refractivity contribution in [3.05, 3.63) is 0 Å². The summed E-state index contributed by atoms with van der Waals surface area (Å²) in [5.74, 6) is -1.22. The zero-order valence-corrected chi connectivity index (χ0v) is 17.2. The van der Waals surface area contributed by atoms with E-state index in [-0.39, 0.29) is 31.1 Å². The highest BCUT2D eigenvalue weighted by molar-refractivity contribution is 5.80. The molecule has 0 aliphatic carbocycles. The summed E-state index contributed by atoms with van der Waals surface area (Å²) in [6.45, 7) is 5.92. The molecule has 0 atom stereocenters. The maximum atomic E-state index is 12.1. The molecule has 0 aromatic rings. The minimum absolute atomic E-state index is 0.0118. The van der Waals surface area contributed by atoms with E-state index >= 15 is 0 Å². The van der Waals surface area contributed by atoms with Crippen molar-refractivity contribution in [1.29, 1.82) is 0 Å². The molecule has 0 aromatic carbocycles. The molecule has 0 fully saturated rings. The second-order valence-corrected chi connectivity index (χ2v) is 6.30. The van der Waals surface area contributed by atoms with Crippen LogP contribution in [0.3, 0.4) is 0 Å². The molecule has 0 unspecified atom stereocenters. The molecule has 0 radical (unpaired) electrons. The van der Waals surface area contributed by atoms with Crippen LogP contribution in [0.4, 0.5) is 0 Å². The summed E-state index contributed by atoms with van der Waals surface area (Å²) in [5.41, 5.74) is 0. The summed E-state index contributed by atoms with van der Waals surface area (Å²) in [6, 6.07) is 0. The highest BCUT2D eigenvalue weighted by Crippen LogP contribution is 2.03. The lowest BCUT2D eigenvalue weighted by atomic mass is 10.2. The molecular weight excluding hydrogens is 368 g/mol. The first-order valence-corrected chi connectivity index (χ1v) is 9.91. The number of nitrogens with zero attached hydrogens (tertiary/aromatic N) is 1. The van der Waals surface area contributed by atoms with Crippen molar-refractivity contribution in [2.75, 3.05) is 59.8 Å². The first kappa shape index (κ1) is 26.3. The molecule has 0 saturated carbocycles. The molecule has 2 N–H and O–H groups in total. The Labute approximate surface area is 167 Å². The Balaban J connectivity index is 3.81. The monoisotopic (exact) mass is 404 g/mol. The van der Waals surface area contributed by atoms with Gasteiger partial charge in [0.25, 0.3) is 0 Å². The molecule has 0 aliphatic heterocycles. The van der Waals surface area contributed by atoms with Gasteiger partial charge in [-0.1, -0.05) is 13.3 Å². The van der Waals surface area contributed by atoms with Gasteiger partial charge in [0.2, 0.25) is 11.8 Å². The first-order valence-electron chi connectivity index (χ1n) is 9.91. The molecule has 0 heterocycles. The van der Waals surface area contributed by atoms with Crippen LogP contribution in [0.25, 0.3) is 0 Å². The van der Waals surface area contributed by atoms with Gasteiger partial charge in [0, 0.05) is 39.6 Å². The van der Waals surface area contributed by atoms with Gasteiger partial charge in [0.05, 0.1) is 39.5 Å². The van der Waals surface area contributed by atoms with E-state index in [1.54, 1.807) is 12.0 Å². The molecule has 0 spiro atoms. The minimum Gasteiger partial charge on any atom is -0.481 e. The lowest BCUT2D eigenvalue weighted by Gasteiger charge is -2.22. The van der Waals surface area contributed by atoms with E-state index in [9.17, 15) is 14.4 Å². The number of carboxylic acids is 1. The van der Waals surface area contributed by atoms with Gasteiger partial charge in [-0.3, -0.25) is 14.4 Å². The molecule has 9 nitrogen and oxygen atoms in total. The van der Waals surface area contributed by atoms with Crippen molar-refractivity contribution >= 4 is 17.8 Å². The summed E-state index contributed by atoms with van der Waals surface area (Å²) in [4.78, 5) is 36.2. The molecule has 2 amide bonds. The zero-order chi connectivity index (χ0) is 21.0. The van der Waals surface area contributed by atoms with E-state index in [0.29, 0.717) is 59.1 Å². The molecule has 0 saturated heterocycles. The largest absolute Gasteiger partial charge is 0.481 e. The Kier molecular flexibility index (Phi) is 17.5. The number of rotatable bonds is 19. The second-order valence-electron chi connectivity index (χ2n) is 6.30. The van der Waals surface area contributed by atoms with Crippen molar-refractivity contribution in [1.82, 2.24) is 10.2 Å². The molecule has 0 bridgehead atoms. The number of nitrogens with one attached hydrogen (secondary N) is 1. The maximum absolute atomic E-state index is 12.1. The third-order valence-electron chi connectivity index (χ3n) is 3.89. The van der Waals surface area contributed by atoms with Crippen LogP contribution in [0.15, 0.2) is 0 Å². The standard InChI is InChI=1S/C19H36N2O7/c1-3-4-10-21(18(23)6-7-19(24)25)11-5-9-20-17(22)8-12-27-15-16-28-14-13-26-2/h3-16H2,1-2H3,(H,20,22)(H,24,25). The van der Waals surface area contributed by atoms with Crippen LogP contribution >= 0.6 is 0 Å². The van der Waals surface area contributed by atoms with Gasteiger partial charge in [0.1, 0.15) is 0 Å². The van der Waals surface area contributed by atoms with Crippen LogP contribution in [0.5, 0.6) is 0 Å². The maximum Gasteiger partial charge on any atom is 0.303 e. The van der Waals surface area contributed by atoms with Gasteiger partial charge < -0.3 is 29.5 Å². The molecule has 0 aliphatic rings. The van der Waals surface area contributed by atoms with Gasteiger partial charge in [-0.2, -0.15) is 0 Å². The zero-order valence-electron chi connectivity index (χ0n) is 17.2. The summed E-state index contributed by atoms with van der Waals surface area (Å²) < 4.78 is 15.4. The van der Waals surface area contributed by atoms with Crippen LogP contribution in [0.1, 0.15) is 45.4 Å². The predicted molar refractivity (Wildman–Crippen MR) is 104 cm³/mol. The van der Waals surface area contributed by atoms with Crippen LogP contribution in [-0.4, -0.2) is 87.6 Å². The number of unbranched alkanes of at least 4 members (excludes halogenated alkanes) is 1. The smallest absolute Gasteiger partial charge is 0.303 e. The van der Waals surface area contributed by atoms with E-state index in [1.165, 1.54) is 0 Å². The second kappa shape index (κ2) is 18.6. The Morgan fingerprint density at radius 2 is 1.54 bits per heavy atom. The van der Waals surface area contributed by atoms with Gasteiger partial charge in [-0.05, 0) is 12.8 Å². The number of aliphatic carboxylic acids is 1. The highest BCUT2D eigenvalue weighted by Gasteiger charge is 2.14. The quantitative estimate of drug-likeness (QED) is 0.309. The number of carboxylic acid groups (broad SMARTS) is 1. The highest BCUT2D eigenvalue weighted by atomic mass is 16.5. The normalized spacial score (nSPS) is 10.6. The van der Waals surface area contributed by atoms with Gasteiger partial charge >= 0.3 is 5.97 Å². The van der Waals surface area contributed by atoms with Crippen molar-refractivity contribution in [3.63, 3.8) is 0 Å². The van der Waals surface area contributed by atoms with Crippen molar-refractivity contribution in [2.24, 2.45) is 0 Å². The Morgan fingerprint density at radius 3 is 2.18 bits per heavy atom. The van der Waals surface area contributed by atoms with Gasteiger partial charge in [-0.25, -0.2) is 0 Å². The fourth-order valence-corrected chi connectivity index (χ4v) is 2.30. The summed E-state index contributed by atoms with van der Waals surface area (Å²) in [6.07, 6.45) is 2.58. The fourth-order valence-electron chi connectivity index (χ4n) is 2.30. The number of hydrogen-bond acceptors (Lipinski definition) is 6. The third-order valence-corrected chi connectivity index (χ3v) is 3.89. The number of methoxy groups -OCH3 is 1. The first-order chi connectivity index (χ1) is 13.5. The van der Waals surface area contributed by atoms with Crippen molar-refractivity contribution < 1.29 is 33.7 Å².